The van der Waals surface area contributed by atoms with E-state index in [0.29, 0.717) is 5.82 Å². The molecule has 0 aliphatic rings. The number of hydrogen-bond donors (Lipinski definition) is 3. The van der Waals surface area contributed by atoms with Crippen molar-refractivity contribution in [3.63, 3.8) is 0 Å². The van der Waals surface area contributed by atoms with Crippen LogP contribution >= 0.6 is 0 Å². The molecule has 0 unspecified atom stereocenters. The monoisotopic (exact) mass is 251 g/mol. The van der Waals surface area contributed by atoms with Crippen LogP contribution in [0.2, 0.25) is 0 Å². The summed E-state index contributed by atoms with van der Waals surface area (Å²) < 4.78 is 0. The van der Waals surface area contributed by atoms with E-state index in [2.05, 4.69) is 20.6 Å². The summed E-state index contributed by atoms with van der Waals surface area (Å²) in [6, 6.07) is 0. The van der Waals surface area contributed by atoms with Gasteiger partial charge in [-0.1, -0.05) is 0 Å². The topological polar surface area (TPSA) is 110 Å². The van der Waals surface area contributed by atoms with Crippen LogP contribution in [0.3, 0.4) is 0 Å². The maximum atomic E-state index is 11.8. The highest BCUT2D eigenvalue weighted by Crippen LogP contribution is 2.04. The molecule has 18 heavy (non-hydrogen) atoms. The smallest absolute Gasteiger partial charge is 0.272 e. The summed E-state index contributed by atoms with van der Waals surface area (Å²) in [7, 11) is 0. The van der Waals surface area contributed by atoms with E-state index < -0.39 is 17.4 Å². The molecule has 7 heteroatoms. The summed E-state index contributed by atoms with van der Waals surface area (Å²) in [4.78, 5) is 30.8. The summed E-state index contributed by atoms with van der Waals surface area (Å²) in [6.07, 6.45) is 2.79. The van der Waals surface area contributed by atoms with Gasteiger partial charge in [0.2, 0.25) is 5.91 Å². The van der Waals surface area contributed by atoms with Gasteiger partial charge >= 0.3 is 0 Å². The molecule has 0 radical (unpaired) electrons. The normalized spacial score (nSPS) is 10.8. The number of carbonyl (C=O) groups excluding carboxylic acids is 2. The van der Waals surface area contributed by atoms with Crippen LogP contribution in [0.5, 0.6) is 0 Å². The molecule has 4 N–H and O–H groups in total. The zero-order chi connectivity index (χ0) is 13.8. The Balaban J connectivity index is 2.76. The minimum absolute atomic E-state index is 0.131. The van der Waals surface area contributed by atoms with Gasteiger partial charge in [-0.2, -0.15) is 0 Å². The van der Waals surface area contributed by atoms with Gasteiger partial charge < -0.3 is 16.4 Å². The molecule has 1 aromatic rings. The molecule has 0 aliphatic heterocycles. The Hall–Kier alpha value is -2.18. The molecule has 2 amide bonds. The molecule has 0 saturated heterocycles. The number of carbonyl (C=O) groups is 2. The van der Waals surface area contributed by atoms with Gasteiger partial charge in [-0.3, -0.25) is 9.59 Å². The molecule has 0 bridgehead atoms. The highest BCUT2D eigenvalue weighted by atomic mass is 16.2. The molecule has 0 saturated carbocycles. The number of aromatic nitrogens is 2. The molecule has 0 spiro atoms. The van der Waals surface area contributed by atoms with Crippen molar-refractivity contribution in [2.75, 3.05) is 11.9 Å². The van der Waals surface area contributed by atoms with Crippen molar-refractivity contribution in [2.45, 2.75) is 26.3 Å². The Morgan fingerprint density at radius 2 is 2.00 bits per heavy atom. The fourth-order valence-electron chi connectivity index (χ4n) is 1.13. The van der Waals surface area contributed by atoms with E-state index in [-0.39, 0.29) is 5.69 Å². The van der Waals surface area contributed by atoms with Gasteiger partial charge in [0.25, 0.3) is 5.91 Å². The van der Waals surface area contributed by atoms with E-state index in [1.807, 2.05) is 6.92 Å². The Kier molecular flexibility index (Phi) is 4.19. The van der Waals surface area contributed by atoms with E-state index in [9.17, 15) is 9.59 Å². The summed E-state index contributed by atoms with van der Waals surface area (Å²) >= 11 is 0. The lowest BCUT2D eigenvalue weighted by atomic mass is 10.1. The number of nitrogens with one attached hydrogen (secondary N) is 2. The molecular weight excluding hydrogens is 234 g/mol. The summed E-state index contributed by atoms with van der Waals surface area (Å²) in [5.74, 6) is -0.523. The first-order valence-electron chi connectivity index (χ1n) is 5.55. The summed E-state index contributed by atoms with van der Waals surface area (Å²) in [5.41, 5.74) is 4.17. The molecule has 7 nitrogen and oxygen atoms in total. The van der Waals surface area contributed by atoms with E-state index in [4.69, 9.17) is 5.73 Å². The van der Waals surface area contributed by atoms with Crippen molar-refractivity contribution >= 4 is 17.6 Å². The molecular formula is C11H17N5O2. The van der Waals surface area contributed by atoms with Crippen LogP contribution in [-0.2, 0) is 4.79 Å². The second kappa shape index (κ2) is 5.44. The third kappa shape index (κ3) is 3.41. The lowest BCUT2D eigenvalue weighted by molar-refractivity contribution is -0.122. The van der Waals surface area contributed by atoms with Crippen molar-refractivity contribution in [3.8, 4) is 0 Å². The van der Waals surface area contributed by atoms with Crippen LogP contribution < -0.4 is 16.4 Å². The van der Waals surface area contributed by atoms with Crippen molar-refractivity contribution < 1.29 is 9.59 Å². The molecule has 1 rings (SSSR count). The average Bonchev–Trinajstić information content (AvgIpc) is 2.29. The quantitative estimate of drug-likeness (QED) is 0.677. The van der Waals surface area contributed by atoms with Crippen LogP contribution in [0.25, 0.3) is 0 Å². The van der Waals surface area contributed by atoms with Gasteiger partial charge in [0, 0.05) is 6.54 Å². The molecule has 0 atom stereocenters. The van der Waals surface area contributed by atoms with Crippen molar-refractivity contribution in [1.82, 2.24) is 15.3 Å². The second-order valence-electron chi connectivity index (χ2n) is 4.26. The lowest BCUT2D eigenvalue weighted by Gasteiger charge is -2.21. The van der Waals surface area contributed by atoms with Crippen LogP contribution in [0, 0.1) is 0 Å². The molecule has 0 aliphatic carbocycles. The van der Waals surface area contributed by atoms with Gasteiger partial charge in [0.15, 0.2) is 0 Å². The number of rotatable bonds is 5. The largest absolute Gasteiger partial charge is 0.369 e. The van der Waals surface area contributed by atoms with Crippen LogP contribution in [0.4, 0.5) is 5.82 Å². The van der Waals surface area contributed by atoms with Crippen LogP contribution in [0.1, 0.15) is 31.3 Å². The summed E-state index contributed by atoms with van der Waals surface area (Å²) in [5, 5.41) is 5.45. The fourth-order valence-corrected chi connectivity index (χ4v) is 1.13. The Morgan fingerprint density at radius 1 is 1.33 bits per heavy atom. The van der Waals surface area contributed by atoms with E-state index in [1.165, 1.54) is 26.2 Å². The standard InChI is InChI=1S/C11H17N5O2/c1-4-13-8-6-14-7(5-15-8)9(17)16-11(2,3)10(12)18/h5-6H,4H2,1-3H3,(H2,12,18)(H,13,15)(H,16,17). The molecule has 0 fully saturated rings. The average molecular weight is 251 g/mol. The number of hydrogen-bond acceptors (Lipinski definition) is 5. The predicted octanol–water partition coefficient (Wildman–Crippen LogP) is -0.0979. The van der Waals surface area contributed by atoms with Crippen molar-refractivity contribution in [2.24, 2.45) is 5.73 Å². The SMILES string of the molecule is CCNc1cnc(C(=O)NC(C)(C)C(N)=O)cn1. The maximum Gasteiger partial charge on any atom is 0.272 e. The zero-order valence-corrected chi connectivity index (χ0v) is 10.7. The first kappa shape index (κ1) is 13.9. The third-order valence-electron chi connectivity index (χ3n) is 2.28. The van der Waals surface area contributed by atoms with E-state index in [1.54, 1.807) is 0 Å². The first-order chi connectivity index (χ1) is 8.36. The fraction of sp³-hybridized carbons (Fsp3) is 0.455. The van der Waals surface area contributed by atoms with Gasteiger partial charge in [-0.15, -0.1) is 0 Å². The molecule has 1 aromatic heterocycles. The lowest BCUT2D eigenvalue weighted by Crippen LogP contribution is -2.53. The van der Waals surface area contributed by atoms with Crippen LogP contribution in [-0.4, -0.2) is 33.9 Å². The van der Waals surface area contributed by atoms with Gasteiger partial charge in [0.05, 0.1) is 12.4 Å². The highest BCUT2D eigenvalue weighted by molar-refractivity contribution is 5.97. The number of nitrogens with two attached hydrogens (primary N) is 1. The van der Waals surface area contributed by atoms with E-state index >= 15 is 0 Å². The van der Waals surface area contributed by atoms with Crippen LogP contribution in [0.15, 0.2) is 12.4 Å². The third-order valence-corrected chi connectivity index (χ3v) is 2.28. The minimum Gasteiger partial charge on any atom is -0.369 e. The number of anilines is 1. The highest BCUT2D eigenvalue weighted by Gasteiger charge is 2.27. The van der Waals surface area contributed by atoms with Gasteiger partial charge in [-0.05, 0) is 20.8 Å². The molecule has 0 aromatic carbocycles. The molecule has 1 heterocycles. The number of nitrogens with zero attached hydrogens (tertiary/aromatic N) is 2. The maximum absolute atomic E-state index is 11.8. The van der Waals surface area contributed by atoms with Crippen molar-refractivity contribution in [1.29, 1.82) is 0 Å². The zero-order valence-electron chi connectivity index (χ0n) is 10.7. The number of primary amides is 1. The second-order valence-corrected chi connectivity index (χ2v) is 4.26. The Labute approximate surface area is 105 Å². The Bertz CT molecular complexity index is 441. The minimum atomic E-state index is -1.13. The first-order valence-corrected chi connectivity index (χ1v) is 5.55. The van der Waals surface area contributed by atoms with Gasteiger partial charge in [-0.25, -0.2) is 9.97 Å². The van der Waals surface area contributed by atoms with Gasteiger partial charge in [0.1, 0.15) is 17.1 Å². The molecule has 98 valence electrons. The predicted molar refractivity (Wildman–Crippen MR) is 66.9 cm³/mol. The van der Waals surface area contributed by atoms with E-state index in [0.717, 1.165) is 6.54 Å². The van der Waals surface area contributed by atoms with Crippen molar-refractivity contribution in [3.05, 3.63) is 18.1 Å². The Morgan fingerprint density at radius 3 is 2.44 bits per heavy atom. The summed E-state index contributed by atoms with van der Waals surface area (Å²) in [6.45, 7) is 5.69. The number of amides is 2.